The maximum absolute atomic E-state index is 13.1. The van der Waals surface area contributed by atoms with E-state index in [2.05, 4.69) is 15.3 Å². The predicted molar refractivity (Wildman–Crippen MR) is 114 cm³/mol. The molecule has 0 fully saturated rings. The van der Waals surface area contributed by atoms with Crippen LogP contribution in [0.5, 0.6) is 0 Å². The van der Waals surface area contributed by atoms with Crippen LogP contribution >= 0.6 is 0 Å². The van der Waals surface area contributed by atoms with Crippen LogP contribution in [-0.4, -0.2) is 22.4 Å². The second-order valence-corrected chi connectivity index (χ2v) is 6.71. The maximum Gasteiger partial charge on any atom is 0.295 e. The number of benzene rings is 2. The summed E-state index contributed by atoms with van der Waals surface area (Å²) in [6.07, 6.45) is 1.65. The van der Waals surface area contributed by atoms with E-state index in [0.29, 0.717) is 29.7 Å². The van der Waals surface area contributed by atoms with Gasteiger partial charge in [0.05, 0.1) is 6.04 Å². The first-order chi connectivity index (χ1) is 14.2. The normalized spacial score (nSPS) is 11.9. The Bertz CT molecular complexity index is 1090. The fourth-order valence-electron chi connectivity index (χ4n) is 3.22. The van der Waals surface area contributed by atoms with E-state index in [-0.39, 0.29) is 11.9 Å². The topological polar surface area (TPSA) is 71.3 Å². The van der Waals surface area contributed by atoms with Crippen molar-refractivity contribution in [2.45, 2.75) is 19.9 Å². The highest BCUT2D eigenvalue weighted by molar-refractivity contribution is 6.05. The molecular weight excluding hydrogens is 364 g/mol. The van der Waals surface area contributed by atoms with Crippen LogP contribution in [-0.2, 0) is 0 Å². The third-order valence-corrected chi connectivity index (χ3v) is 4.76. The van der Waals surface area contributed by atoms with Crippen molar-refractivity contribution in [3.8, 4) is 0 Å². The Kier molecular flexibility index (Phi) is 5.24. The number of anilines is 2. The number of para-hydroxylation sites is 1. The second-order valence-electron chi connectivity index (χ2n) is 6.71. The van der Waals surface area contributed by atoms with Crippen LogP contribution in [0, 0.1) is 0 Å². The number of fused-ring (bicyclic) bond motifs is 1. The lowest BCUT2D eigenvalue weighted by molar-refractivity contribution is 0.0963. The first kappa shape index (κ1) is 18.7. The summed E-state index contributed by atoms with van der Waals surface area (Å²) < 4.78 is 5.74. The largest absolute Gasteiger partial charge is 0.451 e. The Labute approximate surface area is 169 Å². The van der Waals surface area contributed by atoms with E-state index in [1.165, 1.54) is 0 Å². The van der Waals surface area contributed by atoms with E-state index in [1.54, 1.807) is 23.2 Å². The molecule has 29 heavy (non-hydrogen) atoms. The van der Waals surface area contributed by atoms with Crippen molar-refractivity contribution in [1.29, 1.82) is 0 Å². The van der Waals surface area contributed by atoms with Gasteiger partial charge in [-0.3, -0.25) is 9.69 Å². The van der Waals surface area contributed by atoms with Gasteiger partial charge in [0.25, 0.3) is 5.91 Å². The smallest absolute Gasteiger partial charge is 0.295 e. The number of aromatic nitrogens is 2. The Morgan fingerprint density at radius 2 is 1.86 bits per heavy atom. The molecule has 1 N–H and O–H groups in total. The van der Waals surface area contributed by atoms with Gasteiger partial charge in [-0.05, 0) is 37.6 Å². The summed E-state index contributed by atoms with van der Waals surface area (Å²) in [7, 11) is 0. The highest BCUT2D eigenvalue weighted by atomic mass is 16.3. The number of carbonyl (C=O) groups excluding carboxylic acids is 1. The third kappa shape index (κ3) is 3.96. The first-order valence-electron chi connectivity index (χ1n) is 9.60. The molecule has 0 saturated heterocycles. The first-order valence-corrected chi connectivity index (χ1v) is 9.60. The van der Waals surface area contributed by atoms with Gasteiger partial charge in [-0.2, -0.15) is 4.98 Å². The number of nitrogens with one attached hydrogen (secondary N) is 1. The molecule has 2 aromatic heterocycles. The SMILES string of the molecule is CCN(C(=O)c1cc2ccccc2o1)c1ccnc(N[C@@H](C)c2ccccc2)n1. The quantitative estimate of drug-likeness (QED) is 0.501. The Balaban J connectivity index is 1.57. The number of rotatable bonds is 6. The van der Waals surface area contributed by atoms with Gasteiger partial charge in [-0.25, -0.2) is 4.98 Å². The van der Waals surface area contributed by atoms with E-state index in [1.807, 2.05) is 68.4 Å². The highest BCUT2D eigenvalue weighted by Crippen LogP contribution is 2.23. The Morgan fingerprint density at radius 1 is 1.10 bits per heavy atom. The molecule has 6 heteroatoms. The van der Waals surface area contributed by atoms with Gasteiger partial charge in [0.2, 0.25) is 5.95 Å². The van der Waals surface area contributed by atoms with E-state index < -0.39 is 0 Å². The van der Waals surface area contributed by atoms with Crippen molar-refractivity contribution >= 4 is 28.6 Å². The second kappa shape index (κ2) is 8.14. The summed E-state index contributed by atoms with van der Waals surface area (Å²) in [5.41, 5.74) is 1.82. The molecule has 0 unspecified atom stereocenters. The average molecular weight is 386 g/mol. The number of hydrogen-bond donors (Lipinski definition) is 1. The molecule has 0 saturated carbocycles. The van der Waals surface area contributed by atoms with Crippen molar-refractivity contribution in [3.63, 3.8) is 0 Å². The molecule has 6 nitrogen and oxygen atoms in total. The number of furan rings is 1. The summed E-state index contributed by atoms with van der Waals surface area (Å²) >= 11 is 0. The van der Waals surface area contributed by atoms with Gasteiger partial charge in [-0.1, -0.05) is 48.5 Å². The molecule has 4 aromatic rings. The monoisotopic (exact) mass is 386 g/mol. The predicted octanol–water partition coefficient (Wildman–Crippen LogP) is 5.06. The van der Waals surface area contributed by atoms with Crippen molar-refractivity contribution in [2.75, 3.05) is 16.8 Å². The molecule has 0 aliphatic heterocycles. The van der Waals surface area contributed by atoms with E-state index in [9.17, 15) is 4.79 Å². The summed E-state index contributed by atoms with van der Waals surface area (Å²) in [6, 6.07) is 21.2. The van der Waals surface area contributed by atoms with Gasteiger partial charge in [-0.15, -0.1) is 0 Å². The molecule has 0 aliphatic rings. The van der Waals surface area contributed by atoms with Crippen LogP contribution in [0.3, 0.4) is 0 Å². The number of amides is 1. The van der Waals surface area contributed by atoms with Crippen LogP contribution in [0.2, 0.25) is 0 Å². The number of hydrogen-bond acceptors (Lipinski definition) is 5. The zero-order chi connectivity index (χ0) is 20.2. The molecule has 0 radical (unpaired) electrons. The third-order valence-electron chi connectivity index (χ3n) is 4.76. The Hall–Kier alpha value is -3.67. The van der Waals surface area contributed by atoms with Crippen molar-refractivity contribution in [3.05, 3.63) is 84.3 Å². The van der Waals surface area contributed by atoms with Crippen molar-refractivity contribution < 1.29 is 9.21 Å². The molecule has 1 atom stereocenters. The fraction of sp³-hybridized carbons (Fsp3) is 0.174. The lowest BCUT2D eigenvalue weighted by Crippen LogP contribution is -2.31. The molecule has 1 amide bonds. The van der Waals surface area contributed by atoms with Gasteiger partial charge in [0.1, 0.15) is 11.4 Å². The van der Waals surface area contributed by atoms with Crippen molar-refractivity contribution in [2.24, 2.45) is 0 Å². The molecule has 2 aromatic carbocycles. The zero-order valence-electron chi connectivity index (χ0n) is 16.4. The average Bonchev–Trinajstić information content (AvgIpc) is 3.19. The zero-order valence-corrected chi connectivity index (χ0v) is 16.4. The van der Waals surface area contributed by atoms with Crippen LogP contribution in [0.25, 0.3) is 11.0 Å². The Morgan fingerprint density at radius 3 is 2.62 bits per heavy atom. The molecule has 2 heterocycles. The molecule has 4 rings (SSSR count). The van der Waals surface area contributed by atoms with Crippen molar-refractivity contribution in [1.82, 2.24) is 9.97 Å². The van der Waals surface area contributed by atoms with Gasteiger partial charge < -0.3 is 9.73 Å². The number of nitrogens with zero attached hydrogens (tertiary/aromatic N) is 3. The molecule has 146 valence electrons. The summed E-state index contributed by atoms with van der Waals surface area (Å²) in [5.74, 6) is 1.05. The van der Waals surface area contributed by atoms with Crippen LogP contribution < -0.4 is 10.2 Å². The van der Waals surface area contributed by atoms with Crippen LogP contribution in [0.1, 0.15) is 36.0 Å². The summed E-state index contributed by atoms with van der Waals surface area (Å²) in [4.78, 5) is 23.5. The minimum Gasteiger partial charge on any atom is -0.451 e. The standard InChI is InChI=1S/C23H22N4O2/c1-3-27(22(28)20-15-18-11-7-8-12-19(18)29-20)21-13-14-24-23(26-21)25-16(2)17-9-5-4-6-10-17/h4-16H,3H2,1-2H3,(H,24,25,26)/t16-/m0/s1. The maximum atomic E-state index is 13.1. The van der Waals surface area contributed by atoms with Crippen LogP contribution in [0.15, 0.2) is 77.3 Å². The summed E-state index contributed by atoms with van der Waals surface area (Å²) in [5, 5.41) is 4.19. The van der Waals surface area contributed by atoms with E-state index in [4.69, 9.17) is 4.42 Å². The lowest BCUT2D eigenvalue weighted by Gasteiger charge is -2.20. The van der Waals surface area contributed by atoms with Gasteiger partial charge in [0, 0.05) is 18.1 Å². The molecule has 0 aliphatic carbocycles. The minimum atomic E-state index is -0.232. The van der Waals surface area contributed by atoms with Gasteiger partial charge in [0.15, 0.2) is 5.76 Å². The molecular formula is C23H22N4O2. The summed E-state index contributed by atoms with van der Waals surface area (Å²) in [6.45, 7) is 4.41. The molecule has 0 bridgehead atoms. The lowest BCUT2D eigenvalue weighted by atomic mass is 10.1. The molecule has 0 spiro atoms. The number of carbonyl (C=O) groups is 1. The fourth-order valence-corrected chi connectivity index (χ4v) is 3.22. The van der Waals surface area contributed by atoms with Gasteiger partial charge >= 0.3 is 0 Å². The highest BCUT2D eigenvalue weighted by Gasteiger charge is 2.21. The van der Waals surface area contributed by atoms with E-state index >= 15 is 0 Å². The van der Waals surface area contributed by atoms with Crippen LogP contribution in [0.4, 0.5) is 11.8 Å². The minimum absolute atomic E-state index is 0.0348. The van der Waals surface area contributed by atoms with E-state index in [0.717, 1.165) is 10.9 Å².